The number of benzene rings is 2. The monoisotopic (exact) mass is 463 g/mol. The van der Waals surface area contributed by atoms with Crippen molar-refractivity contribution in [2.24, 2.45) is 0 Å². The maximum atomic E-state index is 12.7. The number of nitrogens with one attached hydrogen (secondary N) is 1. The zero-order chi connectivity index (χ0) is 23.5. The van der Waals surface area contributed by atoms with Crippen LogP contribution in [-0.4, -0.2) is 37.8 Å². The van der Waals surface area contributed by atoms with Gasteiger partial charge in [-0.1, -0.05) is 24.1 Å². The summed E-state index contributed by atoms with van der Waals surface area (Å²) >= 11 is 1.16. The third kappa shape index (κ3) is 4.23. The molecule has 1 amide bonds. The molecule has 1 aliphatic rings. The average Bonchev–Trinajstić information content (AvgIpc) is 3.21. The van der Waals surface area contributed by atoms with E-state index in [0.29, 0.717) is 34.1 Å². The third-order valence-electron chi connectivity index (χ3n) is 5.38. The van der Waals surface area contributed by atoms with Gasteiger partial charge in [-0.3, -0.25) is 4.79 Å². The first kappa shape index (κ1) is 22.2. The van der Waals surface area contributed by atoms with Gasteiger partial charge in [-0.05, 0) is 35.4 Å². The smallest absolute Gasteiger partial charge is 0.346 e. The van der Waals surface area contributed by atoms with Gasteiger partial charge in [0.2, 0.25) is 5.91 Å². The molecule has 1 atom stereocenters. The van der Waals surface area contributed by atoms with Crippen molar-refractivity contribution in [2.45, 2.75) is 12.3 Å². The summed E-state index contributed by atoms with van der Waals surface area (Å²) in [6.45, 7) is 0.0694. The molecule has 1 unspecified atom stereocenters. The normalized spacial score (nSPS) is 14.6. The van der Waals surface area contributed by atoms with Crippen molar-refractivity contribution in [3.05, 3.63) is 57.8 Å². The summed E-state index contributed by atoms with van der Waals surface area (Å²) in [6, 6.07) is 12.5. The SMILES string of the molecule is C#CCOc1cc(C2CC(=O)Nc3c2sc(C(=O)O)c3-c2ccc(OC)cc2)ccc1OC. The standard InChI is InChI=1S/C25H21NO6S/c1-4-11-32-19-12-15(7-10-18(19)31-3)17-13-20(27)26-22-21(24(25(28)29)33-23(17)22)14-5-8-16(30-2)9-6-14/h1,5-10,12,17H,11,13H2,2-3H3,(H,26,27)(H,28,29). The van der Waals surface area contributed by atoms with Crippen molar-refractivity contribution in [1.29, 1.82) is 0 Å². The first-order chi connectivity index (χ1) is 16.0. The molecule has 2 N–H and O–H groups in total. The highest BCUT2D eigenvalue weighted by Gasteiger charge is 2.34. The molecular weight excluding hydrogens is 442 g/mol. The van der Waals surface area contributed by atoms with Gasteiger partial charge in [0.05, 0.1) is 19.9 Å². The summed E-state index contributed by atoms with van der Waals surface area (Å²) in [5, 5.41) is 12.8. The van der Waals surface area contributed by atoms with E-state index < -0.39 is 5.97 Å². The van der Waals surface area contributed by atoms with E-state index in [2.05, 4.69) is 11.2 Å². The Morgan fingerprint density at radius 2 is 1.94 bits per heavy atom. The molecule has 0 aliphatic carbocycles. The number of amides is 1. The quantitative estimate of drug-likeness (QED) is 0.497. The third-order valence-corrected chi connectivity index (χ3v) is 6.67. The highest BCUT2D eigenvalue weighted by atomic mass is 32.1. The zero-order valence-electron chi connectivity index (χ0n) is 18.0. The van der Waals surface area contributed by atoms with E-state index in [1.807, 2.05) is 6.07 Å². The number of carbonyl (C=O) groups is 2. The summed E-state index contributed by atoms with van der Waals surface area (Å²) in [4.78, 5) is 25.8. The van der Waals surface area contributed by atoms with Crippen molar-refractivity contribution in [3.8, 4) is 40.7 Å². The second kappa shape index (κ2) is 9.27. The first-order valence-electron chi connectivity index (χ1n) is 10.0. The minimum atomic E-state index is -1.05. The number of carboxylic acids is 1. The lowest BCUT2D eigenvalue weighted by Crippen LogP contribution is -2.22. The van der Waals surface area contributed by atoms with Gasteiger partial charge in [-0.2, -0.15) is 0 Å². The van der Waals surface area contributed by atoms with Crippen molar-refractivity contribution >= 4 is 28.9 Å². The fraction of sp³-hybridized carbons (Fsp3) is 0.200. The Morgan fingerprint density at radius 1 is 1.18 bits per heavy atom. The van der Waals surface area contributed by atoms with Crippen molar-refractivity contribution in [2.75, 3.05) is 26.1 Å². The van der Waals surface area contributed by atoms with Crippen LogP contribution in [0.2, 0.25) is 0 Å². The Bertz CT molecular complexity index is 1260. The van der Waals surface area contributed by atoms with Gasteiger partial charge in [0.15, 0.2) is 11.5 Å². The van der Waals surface area contributed by atoms with E-state index in [0.717, 1.165) is 21.8 Å². The Morgan fingerprint density at radius 3 is 2.58 bits per heavy atom. The molecule has 1 aromatic heterocycles. The molecule has 2 heterocycles. The molecule has 33 heavy (non-hydrogen) atoms. The van der Waals surface area contributed by atoms with Crippen LogP contribution < -0.4 is 19.5 Å². The lowest BCUT2D eigenvalue weighted by Gasteiger charge is -2.24. The number of hydrogen-bond donors (Lipinski definition) is 2. The Labute approximate surface area is 194 Å². The molecule has 0 radical (unpaired) electrons. The van der Waals surface area contributed by atoms with Gasteiger partial charge in [0.1, 0.15) is 17.2 Å². The van der Waals surface area contributed by atoms with E-state index in [1.54, 1.807) is 43.5 Å². The molecule has 0 bridgehead atoms. The zero-order valence-corrected chi connectivity index (χ0v) is 18.8. The number of fused-ring (bicyclic) bond motifs is 1. The van der Waals surface area contributed by atoms with Crippen molar-refractivity contribution in [3.63, 3.8) is 0 Å². The second-order valence-corrected chi connectivity index (χ2v) is 8.34. The second-order valence-electron chi connectivity index (χ2n) is 7.29. The summed E-state index contributed by atoms with van der Waals surface area (Å²) in [6.07, 6.45) is 5.50. The number of ether oxygens (including phenoxy) is 3. The van der Waals surface area contributed by atoms with Crippen LogP contribution in [0.25, 0.3) is 11.1 Å². The number of aromatic carboxylic acids is 1. The summed E-state index contributed by atoms with van der Waals surface area (Å²) in [5.41, 5.74) is 2.49. The van der Waals surface area contributed by atoms with Gasteiger partial charge < -0.3 is 24.6 Å². The van der Waals surface area contributed by atoms with Gasteiger partial charge in [0, 0.05) is 22.8 Å². The fourth-order valence-corrected chi connectivity index (χ4v) is 5.13. The van der Waals surface area contributed by atoms with Crippen molar-refractivity contribution < 1.29 is 28.9 Å². The number of terminal acetylenes is 1. The van der Waals surface area contributed by atoms with Crippen LogP contribution in [0, 0.1) is 12.3 Å². The molecule has 2 aromatic carbocycles. The topological polar surface area (TPSA) is 94.1 Å². The van der Waals surface area contributed by atoms with Crippen LogP contribution in [-0.2, 0) is 4.79 Å². The van der Waals surface area contributed by atoms with Gasteiger partial charge in [-0.25, -0.2) is 4.79 Å². The van der Waals surface area contributed by atoms with E-state index in [9.17, 15) is 14.7 Å². The number of carbonyl (C=O) groups excluding carboxylic acids is 1. The first-order valence-corrected chi connectivity index (χ1v) is 10.9. The number of carboxylic acid groups (broad SMARTS) is 1. The van der Waals surface area contributed by atoms with Crippen LogP contribution in [0.3, 0.4) is 0 Å². The minimum Gasteiger partial charge on any atom is -0.497 e. The van der Waals surface area contributed by atoms with E-state index in [1.165, 1.54) is 7.11 Å². The lowest BCUT2D eigenvalue weighted by molar-refractivity contribution is -0.116. The maximum absolute atomic E-state index is 12.7. The van der Waals surface area contributed by atoms with Crippen LogP contribution >= 0.6 is 11.3 Å². The highest BCUT2D eigenvalue weighted by molar-refractivity contribution is 7.15. The Balaban J connectivity index is 1.85. The van der Waals surface area contributed by atoms with Gasteiger partial charge in [0.25, 0.3) is 0 Å². The number of thiophene rings is 1. The summed E-state index contributed by atoms with van der Waals surface area (Å²) in [5.74, 6) is 2.47. The van der Waals surface area contributed by atoms with Crippen LogP contribution in [0.1, 0.15) is 32.5 Å². The average molecular weight is 464 g/mol. The van der Waals surface area contributed by atoms with Crippen molar-refractivity contribution in [1.82, 2.24) is 0 Å². The van der Waals surface area contributed by atoms with E-state index >= 15 is 0 Å². The number of methoxy groups -OCH3 is 2. The molecule has 0 saturated heterocycles. The predicted molar refractivity (Wildman–Crippen MR) is 126 cm³/mol. The van der Waals surface area contributed by atoms with Gasteiger partial charge in [-0.15, -0.1) is 17.8 Å². The molecule has 168 valence electrons. The summed E-state index contributed by atoms with van der Waals surface area (Å²) < 4.78 is 16.2. The molecule has 0 fully saturated rings. The Kier molecular flexibility index (Phi) is 6.24. The fourth-order valence-electron chi connectivity index (χ4n) is 3.88. The molecule has 0 spiro atoms. The summed E-state index contributed by atoms with van der Waals surface area (Å²) in [7, 11) is 3.09. The lowest BCUT2D eigenvalue weighted by atomic mass is 9.88. The predicted octanol–water partition coefficient (Wildman–Crippen LogP) is 4.62. The van der Waals surface area contributed by atoms with Gasteiger partial charge >= 0.3 is 5.97 Å². The number of rotatable bonds is 7. The molecule has 0 saturated carbocycles. The number of anilines is 1. The van der Waals surface area contributed by atoms with E-state index in [4.69, 9.17) is 20.6 Å². The molecule has 7 nitrogen and oxygen atoms in total. The molecule has 4 rings (SSSR count). The number of hydrogen-bond acceptors (Lipinski definition) is 6. The maximum Gasteiger partial charge on any atom is 0.346 e. The Hall–Kier alpha value is -3.96. The highest BCUT2D eigenvalue weighted by Crippen LogP contribution is 2.50. The van der Waals surface area contributed by atoms with Crippen LogP contribution in [0.4, 0.5) is 5.69 Å². The van der Waals surface area contributed by atoms with Crippen LogP contribution in [0.15, 0.2) is 42.5 Å². The van der Waals surface area contributed by atoms with Crippen LogP contribution in [0.5, 0.6) is 17.2 Å². The van der Waals surface area contributed by atoms with E-state index in [-0.39, 0.29) is 29.7 Å². The molecule has 8 heteroatoms. The molecule has 1 aliphatic heterocycles. The molecular formula is C25H21NO6S. The largest absolute Gasteiger partial charge is 0.497 e. The minimum absolute atomic E-state index is 0.0694. The molecule has 3 aromatic rings.